The van der Waals surface area contributed by atoms with E-state index in [4.69, 9.17) is 4.74 Å². The van der Waals surface area contributed by atoms with Gasteiger partial charge in [0.2, 0.25) is 11.8 Å². The van der Waals surface area contributed by atoms with Crippen molar-refractivity contribution in [2.75, 3.05) is 6.61 Å². The van der Waals surface area contributed by atoms with E-state index in [1.54, 1.807) is 0 Å². The van der Waals surface area contributed by atoms with Crippen LogP contribution in [0.4, 0.5) is 0 Å². The maximum atomic E-state index is 11.7. The first-order valence-corrected chi connectivity index (χ1v) is 6.77. The molecule has 4 heteroatoms. The number of imide groups is 1. The van der Waals surface area contributed by atoms with Crippen LogP contribution in [0.3, 0.4) is 0 Å². The summed E-state index contributed by atoms with van der Waals surface area (Å²) in [4.78, 5) is 22.8. The lowest BCUT2D eigenvalue weighted by Gasteiger charge is -2.21. The molecule has 0 radical (unpaired) electrons. The highest BCUT2D eigenvalue weighted by Crippen LogP contribution is 2.26. The number of carbonyl (C=O) groups excluding carboxylic acids is 2. The van der Waals surface area contributed by atoms with E-state index in [9.17, 15) is 9.59 Å². The molecular weight excluding hydrogens is 242 g/mol. The van der Waals surface area contributed by atoms with Gasteiger partial charge in [-0.3, -0.25) is 14.9 Å². The number of nitrogens with one attached hydrogen (secondary N) is 1. The van der Waals surface area contributed by atoms with Crippen molar-refractivity contribution in [3.63, 3.8) is 0 Å². The SMILES string of the molecule is CCCCOc1ccc(C2CCC(=O)NC2=O)cc1. The van der Waals surface area contributed by atoms with E-state index in [2.05, 4.69) is 12.2 Å². The van der Waals surface area contributed by atoms with Crippen LogP contribution in [0.25, 0.3) is 0 Å². The Morgan fingerprint density at radius 1 is 1.26 bits per heavy atom. The molecule has 1 unspecified atom stereocenters. The molecule has 0 spiro atoms. The number of unbranched alkanes of at least 4 members (excludes halogenated alkanes) is 1. The van der Waals surface area contributed by atoms with Gasteiger partial charge in [-0.05, 0) is 30.5 Å². The zero-order chi connectivity index (χ0) is 13.7. The number of carbonyl (C=O) groups is 2. The Morgan fingerprint density at radius 2 is 2.00 bits per heavy atom. The summed E-state index contributed by atoms with van der Waals surface area (Å²) in [5.74, 6) is 0.226. The molecule has 1 heterocycles. The van der Waals surface area contributed by atoms with Crippen molar-refractivity contribution in [1.82, 2.24) is 5.32 Å². The van der Waals surface area contributed by atoms with Crippen LogP contribution in [0.1, 0.15) is 44.1 Å². The summed E-state index contributed by atoms with van der Waals surface area (Å²) in [7, 11) is 0. The average molecular weight is 261 g/mol. The van der Waals surface area contributed by atoms with Gasteiger partial charge in [-0.2, -0.15) is 0 Å². The minimum Gasteiger partial charge on any atom is -0.494 e. The summed E-state index contributed by atoms with van der Waals surface area (Å²) < 4.78 is 5.58. The molecule has 1 aliphatic heterocycles. The zero-order valence-electron chi connectivity index (χ0n) is 11.1. The van der Waals surface area contributed by atoms with Crippen molar-refractivity contribution < 1.29 is 14.3 Å². The van der Waals surface area contributed by atoms with E-state index in [1.807, 2.05) is 24.3 Å². The normalized spacial score (nSPS) is 19.1. The van der Waals surface area contributed by atoms with Crippen LogP contribution in [-0.4, -0.2) is 18.4 Å². The van der Waals surface area contributed by atoms with Gasteiger partial charge in [-0.25, -0.2) is 0 Å². The summed E-state index contributed by atoms with van der Waals surface area (Å²) in [5, 5.41) is 2.38. The average Bonchev–Trinajstić information content (AvgIpc) is 2.40. The molecule has 1 fully saturated rings. The molecule has 0 saturated carbocycles. The smallest absolute Gasteiger partial charge is 0.234 e. The fourth-order valence-corrected chi connectivity index (χ4v) is 2.14. The second-order valence-corrected chi connectivity index (χ2v) is 4.77. The Kier molecular flexibility index (Phi) is 4.55. The Balaban J connectivity index is 1.98. The third kappa shape index (κ3) is 3.56. The second kappa shape index (κ2) is 6.36. The monoisotopic (exact) mass is 261 g/mol. The van der Waals surface area contributed by atoms with Gasteiger partial charge in [0.15, 0.2) is 0 Å². The van der Waals surface area contributed by atoms with Crippen LogP contribution in [0.2, 0.25) is 0 Å². The molecule has 0 aromatic heterocycles. The van der Waals surface area contributed by atoms with Crippen molar-refractivity contribution >= 4 is 11.8 Å². The molecule has 1 aromatic rings. The number of rotatable bonds is 5. The summed E-state index contributed by atoms with van der Waals surface area (Å²) in [5.41, 5.74) is 0.938. The predicted molar refractivity (Wildman–Crippen MR) is 72.0 cm³/mol. The van der Waals surface area contributed by atoms with Gasteiger partial charge in [-0.15, -0.1) is 0 Å². The van der Waals surface area contributed by atoms with E-state index in [0.717, 1.165) is 24.2 Å². The number of ether oxygens (including phenoxy) is 1. The van der Waals surface area contributed by atoms with Gasteiger partial charge in [0.1, 0.15) is 5.75 Å². The third-order valence-corrected chi connectivity index (χ3v) is 3.29. The topological polar surface area (TPSA) is 55.4 Å². The molecule has 4 nitrogen and oxygen atoms in total. The van der Waals surface area contributed by atoms with Gasteiger partial charge in [0, 0.05) is 6.42 Å². The quantitative estimate of drug-likeness (QED) is 0.654. The van der Waals surface area contributed by atoms with E-state index >= 15 is 0 Å². The first-order valence-electron chi connectivity index (χ1n) is 6.77. The van der Waals surface area contributed by atoms with Crippen molar-refractivity contribution in [2.45, 2.75) is 38.5 Å². The van der Waals surface area contributed by atoms with Crippen molar-refractivity contribution in [2.24, 2.45) is 0 Å². The first kappa shape index (κ1) is 13.6. The Hall–Kier alpha value is -1.84. The molecule has 0 aliphatic carbocycles. The lowest BCUT2D eigenvalue weighted by Crippen LogP contribution is -2.39. The highest BCUT2D eigenvalue weighted by atomic mass is 16.5. The van der Waals surface area contributed by atoms with Gasteiger partial charge >= 0.3 is 0 Å². The van der Waals surface area contributed by atoms with E-state index < -0.39 is 0 Å². The molecule has 1 aromatic carbocycles. The Bertz CT molecular complexity index is 453. The molecule has 0 bridgehead atoms. The summed E-state index contributed by atoms with van der Waals surface area (Å²) >= 11 is 0. The number of amides is 2. The maximum absolute atomic E-state index is 11.7. The number of benzene rings is 1. The van der Waals surface area contributed by atoms with Crippen molar-refractivity contribution in [3.05, 3.63) is 29.8 Å². The Morgan fingerprint density at radius 3 is 2.63 bits per heavy atom. The fourth-order valence-electron chi connectivity index (χ4n) is 2.14. The molecule has 19 heavy (non-hydrogen) atoms. The summed E-state index contributed by atoms with van der Waals surface area (Å²) in [6, 6.07) is 7.58. The lowest BCUT2D eigenvalue weighted by molar-refractivity contribution is -0.134. The van der Waals surface area contributed by atoms with Crippen LogP contribution in [0, 0.1) is 0 Å². The van der Waals surface area contributed by atoms with E-state index in [0.29, 0.717) is 19.4 Å². The van der Waals surface area contributed by atoms with Crippen LogP contribution in [-0.2, 0) is 9.59 Å². The second-order valence-electron chi connectivity index (χ2n) is 4.77. The zero-order valence-corrected chi connectivity index (χ0v) is 11.1. The highest BCUT2D eigenvalue weighted by molar-refractivity contribution is 6.00. The van der Waals surface area contributed by atoms with Crippen LogP contribution < -0.4 is 10.1 Å². The number of hydrogen-bond acceptors (Lipinski definition) is 3. The van der Waals surface area contributed by atoms with Gasteiger partial charge in [0.05, 0.1) is 12.5 Å². The number of piperidine rings is 1. The summed E-state index contributed by atoms with van der Waals surface area (Å²) in [6.45, 7) is 2.84. The van der Waals surface area contributed by atoms with E-state index in [1.165, 1.54) is 0 Å². The standard InChI is InChI=1S/C15H19NO3/c1-2-3-10-19-12-6-4-11(5-7-12)13-8-9-14(17)16-15(13)18/h4-7,13H,2-3,8-10H2,1H3,(H,16,17,18). The summed E-state index contributed by atoms with van der Waals surface area (Å²) in [6.07, 6.45) is 3.13. The molecule has 1 saturated heterocycles. The van der Waals surface area contributed by atoms with Gasteiger partial charge in [0.25, 0.3) is 0 Å². The third-order valence-electron chi connectivity index (χ3n) is 3.29. The molecule has 1 atom stereocenters. The van der Waals surface area contributed by atoms with Crippen LogP contribution in [0.5, 0.6) is 5.75 Å². The van der Waals surface area contributed by atoms with Crippen molar-refractivity contribution in [1.29, 1.82) is 0 Å². The first-order chi connectivity index (χ1) is 9.20. The maximum Gasteiger partial charge on any atom is 0.234 e. The minimum absolute atomic E-state index is 0.180. The lowest BCUT2D eigenvalue weighted by atomic mass is 9.90. The van der Waals surface area contributed by atoms with Crippen LogP contribution >= 0.6 is 0 Å². The highest BCUT2D eigenvalue weighted by Gasteiger charge is 2.27. The molecule has 102 valence electrons. The van der Waals surface area contributed by atoms with E-state index in [-0.39, 0.29) is 17.7 Å². The number of hydrogen-bond donors (Lipinski definition) is 1. The Labute approximate surface area is 113 Å². The molecule has 2 rings (SSSR count). The largest absolute Gasteiger partial charge is 0.494 e. The van der Waals surface area contributed by atoms with Crippen LogP contribution in [0.15, 0.2) is 24.3 Å². The van der Waals surface area contributed by atoms with Gasteiger partial charge < -0.3 is 4.74 Å². The molecular formula is C15H19NO3. The molecule has 1 N–H and O–H groups in total. The van der Waals surface area contributed by atoms with Gasteiger partial charge in [-0.1, -0.05) is 25.5 Å². The molecule has 2 amide bonds. The predicted octanol–water partition coefficient (Wildman–Crippen LogP) is 2.39. The minimum atomic E-state index is -0.220. The fraction of sp³-hybridized carbons (Fsp3) is 0.467. The van der Waals surface area contributed by atoms with Crippen molar-refractivity contribution in [3.8, 4) is 5.75 Å². The molecule has 1 aliphatic rings.